The van der Waals surface area contributed by atoms with Crippen molar-refractivity contribution in [3.8, 4) is 0 Å². The third-order valence-corrected chi connectivity index (χ3v) is 4.20. The van der Waals surface area contributed by atoms with Gasteiger partial charge < -0.3 is 5.11 Å². The minimum Gasteiger partial charge on any atom is -0.383 e. The van der Waals surface area contributed by atoms with E-state index in [2.05, 4.69) is 15.9 Å². The molecule has 0 saturated heterocycles. The molecule has 0 amide bonds. The van der Waals surface area contributed by atoms with Crippen LogP contribution in [0.2, 0.25) is 0 Å². The SMILES string of the molecule is Cc1c(Br)cccc1C(O)c1cccs1. The largest absolute Gasteiger partial charge is 0.383 e. The Morgan fingerprint density at radius 1 is 1.27 bits per heavy atom. The van der Waals surface area contributed by atoms with Crippen molar-refractivity contribution in [2.75, 3.05) is 0 Å². The monoisotopic (exact) mass is 282 g/mol. The fourth-order valence-corrected chi connectivity index (χ4v) is 2.63. The number of aliphatic hydroxyl groups is 1. The molecule has 1 unspecified atom stereocenters. The number of benzene rings is 1. The summed E-state index contributed by atoms with van der Waals surface area (Å²) in [5.41, 5.74) is 2.06. The summed E-state index contributed by atoms with van der Waals surface area (Å²) in [5.74, 6) is 0. The van der Waals surface area contributed by atoms with Gasteiger partial charge in [-0.3, -0.25) is 0 Å². The minimum atomic E-state index is -0.512. The Hall–Kier alpha value is -0.640. The summed E-state index contributed by atoms with van der Waals surface area (Å²) < 4.78 is 1.04. The number of thiophene rings is 1. The molecule has 78 valence electrons. The maximum Gasteiger partial charge on any atom is 0.113 e. The van der Waals surface area contributed by atoms with E-state index in [4.69, 9.17) is 0 Å². The molecule has 0 spiro atoms. The number of halogens is 1. The predicted molar refractivity (Wildman–Crippen MR) is 67.3 cm³/mol. The van der Waals surface area contributed by atoms with E-state index in [0.29, 0.717) is 0 Å². The van der Waals surface area contributed by atoms with Gasteiger partial charge in [0.05, 0.1) is 0 Å². The Balaban J connectivity index is 2.42. The predicted octanol–water partition coefficient (Wildman–Crippen LogP) is 3.90. The highest BCUT2D eigenvalue weighted by Crippen LogP contribution is 2.30. The van der Waals surface area contributed by atoms with E-state index < -0.39 is 6.10 Å². The second-order valence-corrected chi connectivity index (χ2v) is 5.21. The van der Waals surface area contributed by atoms with Gasteiger partial charge >= 0.3 is 0 Å². The Labute approximate surface area is 102 Å². The van der Waals surface area contributed by atoms with E-state index in [1.54, 1.807) is 11.3 Å². The van der Waals surface area contributed by atoms with Gasteiger partial charge in [0.2, 0.25) is 0 Å². The molecule has 2 aromatic rings. The number of rotatable bonds is 2. The zero-order valence-electron chi connectivity index (χ0n) is 8.27. The minimum absolute atomic E-state index is 0.512. The van der Waals surface area contributed by atoms with Gasteiger partial charge in [-0.25, -0.2) is 0 Å². The fraction of sp³-hybridized carbons (Fsp3) is 0.167. The van der Waals surface area contributed by atoms with Gasteiger partial charge in [0.15, 0.2) is 0 Å². The Kier molecular flexibility index (Phi) is 3.24. The smallest absolute Gasteiger partial charge is 0.113 e. The molecule has 1 N–H and O–H groups in total. The third-order valence-electron chi connectivity index (χ3n) is 2.42. The number of hydrogen-bond acceptors (Lipinski definition) is 2. The summed E-state index contributed by atoms with van der Waals surface area (Å²) in [6.45, 7) is 2.01. The zero-order valence-corrected chi connectivity index (χ0v) is 10.7. The van der Waals surface area contributed by atoms with Gasteiger partial charge in [0.1, 0.15) is 6.10 Å². The fourth-order valence-electron chi connectivity index (χ4n) is 1.52. The normalized spacial score (nSPS) is 12.7. The van der Waals surface area contributed by atoms with Crippen LogP contribution in [0.3, 0.4) is 0 Å². The van der Waals surface area contributed by atoms with Crippen LogP contribution in [-0.4, -0.2) is 5.11 Å². The van der Waals surface area contributed by atoms with Crippen LogP contribution in [0.1, 0.15) is 22.1 Å². The van der Waals surface area contributed by atoms with E-state index in [9.17, 15) is 5.11 Å². The molecule has 3 heteroatoms. The average Bonchev–Trinajstić information content (AvgIpc) is 2.74. The molecule has 1 heterocycles. The number of aliphatic hydroxyl groups excluding tert-OH is 1. The van der Waals surface area contributed by atoms with Crippen molar-refractivity contribution in [1.29, 1.82) is 0 Å². The van der Waals surface area contributed by atoms with Crippen molar-refractivity contribution in [3.63, 3.8) is 0 Å². The lowest BCUT2D eigenvalue weighted by Crippen LogP contribution is -2.00. The summed E-state index contributed by atoms with van der Waals surface area (Å²) in [5, 5.41) is 12.2. The molecule has 0 bridgehead atoms. The van der Waals surface area contributed by atoms with Gasteiger partial charge in [0.25, 0.3) is 0 Å². The average molecular weight is 283 g/mol. The van der Waals surface area contributed by atoms with Crippen LogP contribution < -0.4 is 0 Å². The van der Waals surface area contributed by atoms with Crippen molar-refractivity contribution >= 4 is 27.3 Å². The van der Waals surface area contributed by atoms with Crippen LogP contribution in [0.4, 0.5) is 0 Å². The summed E-state index contributed by atoms with van der Waals surface area (Å²) in [4.78, 5) is 0.983. The Morgan fingerprint density at radius 2 is 2.07 bits per heavy atom. The topological polar surface area (TPSA) is 20.2 Å². The number of hydrogen-bond donors (Lipinski definition) is 1. The Bertz CT molecular complexity index is 451. The summed E-state index contributed by atoms with van der Waals surface area (Å²) in [6, 6.07) is 9.81. The molecular weight excluding hydrogens is 272 g/mol. The third kappa shape index (κ3) is 2.14. The highest BCUT2D eigenvalue weighted by Gasteiger charge is 2.14. The lowest BCUT2D eigenvalue weighted by atomic mass is 10.0. The molecule has 1 aromatic heterocycles. The molecular formula is C12H11BrOS. The van der Waals surface area contributed by atoms with Gasteiger partial charge in [-0.1, -0.05) is 34.1 Å². The van der Waals surface area contributed by atoms with E-state index >= 15 is 0 Å². The van der Waals surface area contributed by atoms with E-state index in [1.165, 1.54) is 0 Å². The van der Waals surface area contributed by atoms with Crippen LogP contribution in [0.25, 0.3) is 0 Å². The molecule has 1 nitrogen and oxygen atoms in total. The zero-order chi connectivity index (χ0) is 10.8. The van der Waals surface area contributed by atoms with Gasteiger partial charge in [-0.2, -0.15) is 0 Å². The molecule has 0 fully saturated rings. The van der Waals surface area contributed by atoms with Gasteiger partial charge in [0, 0.05) is 9.35 Å². The first-order valence-corrected chi connectivity index (χ1v) is 6.34. The molecule has 1 atom stereocenters. The van der Waals surface area contributed by atoms with Crippen LogP contribution in [0.5, 0.6) is 0 Å². The van der Waals surface area contributed by atoms with Crippen LogP contribution in [0.15, 0.2) is 40.2 Å². The quantitative estimate of drug-likeness (QED) is 0.886. The first-order chi connectivity index (χ1) is 7.20. The van der Waals surface area contributed by atoms with Crippen molar-refractivity contribution in [1.82, 2.24) is 0 Å². The van der Waals surface area contributed by atoms with Crippen LogP contribution in [0, 0.1) is 6.92 Å². The lowest BCUT2D eigenvalue weighted by molar-refractivity contribution is 0.223. The summed E-state index contributed by atoms with van der Waals surface area (Å²) >= 11 is 5.05. The van der Waals surface area contributed by atoms with Crippen LogP contribution in [-0.2, 0) is 0 Å². The molecule has 1 aromatic carbocycles. The molecule has 2 rings (SSSR count). The van der Waals surface area contributed by atoms with Crippen molar-refractivity contribution in [3.05, 3.63) is 56.2 Å². The van der Waals surface area contributed by atoms with E-state index in [-0.39, 0.29) is 0 Å². The summed E-state index contributed by atoms with van der Waals surface area (Å²) in [6.07, 6.45) is -0.512. The lowest BCUT2D eigenvalue weighted by Gasteiger charge is -2.13. The molecule has 0 aliphatic heterocycles. The standard InChI is InChI=1S/C12H11BrOS/c1-8-9(4-2-5-10(8)13)12(14)11-6-3-7-15-11/h2-7,12,14H,1H3. The van der Waals surface area contributed by atoms with E-state index in [0.717, 1.165) is 20.5 Å². The second-order valence-electron chi connectivity index (χ2n) is 3.37. The van der Waals surface area contributed by atoms with Crippen molar-refractivity contribution < 1.29 is 5.11 Å². The Morgan fingerprint density at radius 3 is 2.73 bits per heavy atom. The van der Waals surface area contributed by atoms with Gasteiger partial charge in [-0.05, 0) is 35.6 Å². The molecule has 0 aliphatic rings. The molecule has 0 saturated carbocycles. The van der Waals surface area contributed by atoms with E-state index in [1.807, 2.05) is 42.6 Å². The van der Waals surface area contributed by atoms with Crippen LogP contribution >= 0.6 is 27.3 Å². The van der Waals surface area contributed by atoms with Crippen molar-refractivity contribution in [2.24, 2.45) is 0 Å². The first-order valence-electron chi connectivity index (χ1n) is 4.66. The molecule has 15 heavy (non-hydrogen) atoms. The first kappa shape index (κ1) is 10.9. The highest BCUT2D eigenvalue weighted by molar-refractivity contribution is 9.10. The van der Waals surface area contributed by atoms with Gasteiger partial charge in [-0.15, -0.1) is 11.3 Å². The maximum atomic E-state index is 10.2. The maximum absolute atomic E-state index is 10.2. The molecule has 0 aliphatic carbocycles. The second kappa shape index (κ2) is 4.47. The van der Waals surface area contributed by atoms with Crippen molar-refractivity contribution in [2.45, 2.75) is 13.0 Å². The molecule has 0 radical (unpaired) electrons. The highest BCUT2D eigenvalue weighted by atomic mass is 79.9. The summed E-state index contributed by atoms with van der Waals surface area (Å²) in [7, 11) is 0.